The summed E-state index contributed by atoms with van der Waals surface area (Å²) in [6.45, 7) is 0. The highest BCUT2D eigenvalue weighted by Crippen LogP contribution is 2.25. The number of rotatable bonds is 6. The molecule has 29 heavy (non-hydrogen) atoms. The number of carbonyl (C=O) groups is 1. The molecule has 4 rings (SSSR count). The maximum absolute atomic E-state index is 13.8. The Hall–Kier alpha value is -3.39. The second-order valence-corrected chi connectivity index (χ2v) is 7.10. The molecule has 0 radical (unpaired) electrons. The molecule has 0 saturated heterocycles. The van der Waals surface area contributed by atoms with Gasteiger partial charge in [0.25, 0.3) is 0 Å². The molecule has 2 aromatic carbocycles. The fraction of sp³-hybridized carbons (Fsp3) is 0.0952. The Morgan fingerprint density at radius 2 is 1.93 bits per heavy atom. The lowest BCUT2D eigenvalue weighted by molar-refractivity contribution is -0.116. The zero-order chi connectivity index (χ0) is 20.2. The summed E-state index contributed by atoms with van der Waals surface area (Å²) in [5.41, 5.74) is 1.78. The van der Waals surface area contributed by atoms with Crippen LogP contribution in [0.5, 0.6) is 0 Å². The average Bonchev–Trinajstić information content (AvgIpc) is 3.39. The zero-order valence-corrected chi connectivity index (χ0v) is 15.9. The van der Waals surface area contributed by atoms with Crippen LogP contribution in [0.4, 0.5) is 14.5 Å². The highest BCUT2D eigenvalue weighted by molar-refractivity contribution is 7.13. The van der Waals surface area contributed by atoms with Crippen LogP contribution >= 0.6 is 11.3 Å². The van der Waals surface area contributed by atoms with Gasteiger partial charge in [-0.15, -0.1) is 11.3 Å². The van der Waals surface area contributed by atoms with Crippen molar-refractivity contribution < 1.29 is 18.0 Å². The number of carbonyl (C=O) groups excluding carboxylic acids is 1. The number of benzene rings is 2. The number of oxazole rings is 1. The van der Waals surface area contributed by atoms with E-state index >= 15 is 0 Å². The molecule has 0 saturated carbocycles. The third kappa shape index (κ3) is 4.55. The van der Waals surface area contributed by atoms with Crippen molar-refractivity contribution in [3.05, 3.63) is 77.8 Å². The third-order valence-electron chi connectivity index (χ3n) is 4.16. The number of halogens is 2. The van der Waals surface area contributed by atoms with Crippen LogP contribution in [0, 0.1) is 11.6 Å². The number of hydrogen-bond acceptors (Lipinski definition) is 5. The maximum Gasteiger partial charge on any atom is 0.224 e. The molecule has 1 amide bonds. The van der Waals surface area contributed by atoms with Crippen LogP contribution in [0.2, 0.25) is 0 Å². The molecule has 2 aromatic heterocycles. The van der Waals surface area contributed by atoms with Gasteiger partial charge < -0.3 is 9.73 Å². The molecular weight excluding hydrogens is 396 g/mol. The first-order valence-corrected chi connectivity index (χ1v) is 9.66. The molecular formula is C21H15F2N3O2S. The number of anilines is 1. The zero-order valence-electron chi connectivity index (χ0n) is 15.1. The number of thiazole rings is 1. The number of hydrogen-bond donors (Lipinski definition) is 1. The fourth-order valence-corrected chi connectivity index (χ4v) is 3.39. The number of aromatic nitrogens is 2. The summed E-state index contributed by atoms with van der Waals surface area (Å²) < 4.78 is 32.3. The molecule has 0 spiro atoms. The van der Waals surface area contributed by atoms with Crippen LogP contribution in [0.25, 0.3) is 21.9 Å². The first kappa shape index (κ1) is 18.9. The topological polar surface area (TPSA) is 68.0 Å². The minimum Gasteiger partial charge on any atom is -0.441 e. The number of nitrogens with one attached hydrogen (secondary N) is 1. The van der Waals surface area contributed by atoms with Crippen LogP contribution in [-0.2, 0) is 11.2 Å². The van der Waals surface area contributed by atoms with E-state index in [1.54, 1.807) is 17.5 Å². The van der Waals surface area contributed by atoms with Gasteiger partial charge >= 0.3 is 0 Å². The SMILES string of the molecule is O=C(CCc1ncc(-c2ccc(F)cc2F)o1)Nc1ccc(-c2nccs2)cc1. The second kappa shape index (κ2) is 8.32. The van der Waals surface area contributed by atoms with Gasteiger partial charge in [0.1, 0.15) is 16.6 Å². The van der Waals surface area contributed by atoms with Gasteiger partial charge in [-0.2, -0.15) is 0 Å². The molecule has 4 aromatic rings. The molecule has 0 fully saturated rings. The van der Waals surface area contributed by atoms with Crippen molar-refractivity contribution in [1.29, 1.82) is 0 Å². The smallest absolute Gasteiger partial charge is 0.224 e. The van der Waals surface area contributed by atoms with Crippen LogP contribution in [0.3, 0.4) is 0 Å². The molecule has 8 heteroatoms. The second-order valence-electron chi connectivity index (χ2n) is 6.21. The van der Waals surface area contributed by atoms with E-state index in [1.807, 2.05) is 29.6 Å². The van der Waals surface area contributed by atoms with Gasteiger partial charge in [0, 0.05) is 41.7 Å². The summed E-state index contributed by atoms with van der Waals surface area (Å²) in [5.74, 6) is -1.10. The Balaban J connectivity index is 1.33. The lowest BCUT2D eigenvalue weighted by Gasteiger charge is -2.05. The van der Waals surface area contributed by atoms with E-state index in [-0.39, 0.29) is 30.1 Å². The molecule has 0 aliphatic heterocycles. The van der Waals surface area contributed by atoms with Crippen molar-refractivity contribution in [2.45, 2.75) is 12.8 Å². The van der Waals surface area contributed by atoms with Crippen molar-refractivity contribution in [2.75, 3.05) is 5.32 Å². The van der Waals surface area contributed by atoms with Crippen LogP contribution in [0.1, 0.15) is 12.3 Å². The van der Waals surface area contributed by atoms with Crippen LogP contribution in [0.15, 0.2) is 64.7 Å². The largest absolute Gasteiger partial charge is 0.441 e. The third-order valence-corrected chi connectivity index (χ3v) is 4.99. The van der Waals surface area contributed by atoms with Crippen LogP contribution < -0.4 is 5.32 Å². The monoisotopic (exact) mass is 411 g/mol. The number of amides is 1. The Morgan fingerprint density at radius 3 is 2.66 bits per heavy atom. The molecule has 0 bridgehead atoms. The van der Waals surface area contributed by atoms with E-state index in [2.05, 4.69) is 15.3 Å². The molecule has 0 atom stereocenters. The standard InChI is InChI=1S/C21H15F2N3O2S/c22-14-3-6-16(17(23)11-14)18-12-25-20(28-18)8-7-19(27)26-15-4-1-13(2-5-15)21-24-9-10-29-21/h1-6,9-12H,7-8H2,(H,26,27). The lowest BCUT2D eigenvalue weighted by atomic mass is 10.2. The molecule has 0 aliphatic carbocycles. The number of nitrogens with zero attached hydrogens (tertiary/aromatic N) is 2. The van der Waals surface area contributed by atoms with Gasteiger partial charge in [-0.3, -0.25) is 4.79 Å². The van der Waals surface area contributed by atoms with Crippen molar-refractivity contribution in [2.24, 2.45) is 0 Å². The first-order chi connectivity index (χ1) is 14.1. The van der Waals surface area contributed by atoms with Gasteiger partial charge in [-0.25, -0.2) is 18.7 Å². The summed E-state index contributed by atoms with van der Waals surface area (Å²) in [6, 6.07) is 10.6. The molecule has 2 heterocycles. The maximum atomic E-state index is 13.8. The van der Waals surface area contributed by atoms with E-state index in [0.29, 0.717) is 11.6 Å². The van der Waals surface area contributed by atoms with Crippen molar-refractivity contribution in [3.63, 3.8) is 0 Å². The molecule has 0 aliphatic rings. The Bertz CT molecular complexity index is 1130. The van der Waals surface area contributed by atoms with E-state index in [1.165, 1.54) is 12.3 Å². The van der Waals surface area contributed by atoms with E-state index in [4.69, 9.17) is 4.42 Å². The minimum absolute atomic E-state index is 0.120. The van der Waals surface area contributed by atoms with Gasteiger partial charge in [0.2, 0.25) is 5.91 Å². The summed E-state index contributed by atoms with van der Waals surface area (Å²) >= 11 is 1.55. The average molecular weight is 411 g/mol. The highest BCUT2D eigenvalue weighted by atomic mass is 32.1. The Kier molecular flexibility index (Phi) is 5.44. The van der Waals surface area contributed by atoms with Gasteiger partial charge in [-0.1, -0.05) is 0 Å². The summed E-state index contributed by atoms with van der Waals surface area (Å²) in [5, 5.41) is 5.63. The molecule has 146 valence electrons. The van der Waals surface area contributed by atoms with Crippen LogP contribution in [-0.4, -0.2) is 15.9 Å². The normalized spacial score (nSPS) is 10.8. The van der Waals surface area contributed by atoms with Crippen molar-refractivity contribution in [3.8, 4) is 21.9 Å². The molecule has 5 nitrogen and oxygen atoms in total. The highest BCUT2D eigenvalue weighted by Gasteiger charge is 2.13. The Morgan fingerprint density at radius 1 is 1.10 bits per heavy atom. The van der Waals surface area contributed by atoms with E-state index < -0.39 is 11.6 Å². The quantitative estimate of drug-likeness (QED) is 0.467. The van der Waals surface area contributed by atoms with Crippen molar-refractivity contribution in [1.82, 2.24) is 9.97 Å². The molecule has 0 unspecified atom stereocenters. The van der Waals surface area contributed by atoms with E-state index in [0.717, 1.165) is 22.7 Å². The van der Waals surface area contributed by atoms with Gasteiger partial charge in [-0.05, 0) is 36.4 Å². The Labute approximate surface area is 169 Å². The summed E-state index contributed by atoms with van der Waals surface area (Å²) in [4.78, 5) is 20.5. The fourth-order valence-electron chi connectivity index (χ4n) is 2.75. The van der Waals surface area contributed by atoms with E-state index in [9.17, 15) is 13.6 Å². The lowest BCUT2D eigenvalue weighted by Crippen LogP contribution is -2.12. The first-order valence-electron chi connectivity index (χ1n) is 8.78. The summed E-state index contributed by atoms with van der Waals surface area (Å²) in [7, 11) is 0. The predicted molar refractivity (Wildman–Crippen MR) is 106 cm³/mol. The minimum atomic E-state index is -0.730. The molecule has 1 N–H and O–H groups in total. The number of aryl methyl sites for hydroxylation is 1. The van der Waals surface area contributed by atoms with Gasteiger partial charge in [0.15, 0.2) is 11.7 Å². The summed E-state index contributed by atoms with van der Waals surface area (Å²) in [6.07, 6.45) is 3.51. The van der Waals surface area contributed by atoms with Gasteiger partial charge in [0.05, 0.1) is 11.8 Å². The predicted octanol–water partition coefficient (Wildman–Crippen LogP) is 5.31. The van der Waals surface area contributed by atoms with Crippen molar-refractivity contribution >= 4 is 22.9 Å².